The summed E-state index contributed by atoms with van der Waals surface area (Å²) in [5.74, 6) is -0.239. The molecule has 1 saturated carbocycles. The zero-order valence-electron chi connectivity index (χ0n) is 12.5. The van der Waals surface area contributed by atoms with Crippen molar-refractivity contribution in [3.8, 4) is 0 Å². The fourth-order valence-corrected chi connectivity index (χ4v) is 3.54. The highest BCUT2D eigenvalue weighted by atomic mass is 35.5. The van der Waals surface area contributed by atoms with Crippen molar-refractivity contribution >= 4 is 28.4 Å². The van der Waals surface area contributed by atoms with E-state index in [1.165, 1.54) is 19.2 Å². The average molecular weight is 349 g/mol. The number of hydrogen-bond acceptors (Lipinski definition) is 5. The Morgan fingerprint density at radius 2 is 2.09 bits per heavy atom. The van der Waals surface area contributed by atoms with Crippen LogP contribution in [0.3, 0.4) is 0 Å². The predicted molar refractivity (Wildman–Crippen MR) is 85.7 cm³/mol. The topological polar surface area (TPSA) is 98.5 Å². The fraction of sp³-hybridized carbons (Fsp3) is 0.500. The summed E-state index contributed by atoms with van der Waals surface area (Å²) in [6, 6.07) is 4.15. The lowest BCUT2D eigenvalue weighted by atomic mass is 10.1. The normalized spacial score (nSPS) is 15.8. The molecule has 1 aromatic carbocycles. The first-order chi connectivity index (χ1) is 9.89. The van der Waals surface area contributed by atoms with Gasteiger partial charge in [0, 0.05) is 12.6 Å². The van der Waals surface area contributed by atoms with E-state index in [4.69, 9.17) is 5.73 Å². The lowest BCUT2D eigenvalue weighted by Crippen LogP contribution is -2.41. The van der Waals surface area contributed by atoms with Crippen molar-refractivity contribution in [3.05, 3.63) is 29.3 Å². The standard InChI is InChI=1S/C14H20N2O4S.ClH/c1-9-3-6-11(7-12(9)14(17)20-2)21(18,19)16-13(8-15)10-4-5-10;/h3,6-7,10,13,16H,4-5,8,15H2,1-2H3;1H. The van der Waals surface area contributed by atoms with E-state index >= 15 is 0 Å². The molecule has 0 spiro atoms. The molecular weight excluding hydrogens is 328 g/mol. The highest BCUT2D eigenvalue weighted by Gasteiger charge is 2.33. The molecule has 8 heteroatoms. The number of aryl methyl sites for hydroxylation is 1. The zero-order valence-corrected chi connectivity index (χ0v) is 14.2. The molecule has 0 aliphatic heterocycles. The second kappa shape index (κ2) is 7.41. The summed E-state index contributed by atoms with van der Waals surface area (Å²) >= 11 is 0. The maximum Gasteiger partial charge on any atom is 0.338 e. The molecule has 1 aromatic rings. The zero-order chi connectivity index (χ0) is 15.6. The third kappa shape index (κ3) is 4.19. The van der Waals surface area contributed by atoms with Crippen LogP contribution >= 0.6 is 12.4 Å². The monoisotopic (exact) mass is 348 g/mol. The third-order valence-corrected chi connectivity index (χ3v) is 5.16. The van der Waals surface area contributed by atoms with Gasteiger partial charge in [0.2, 0.25) is 10.0 Å². The van der Waals surface area contributed by atoms with Crippen molar-refractivity contribution in [2.75, 3.05) is 13.7 Å². The van der Waals surface area contributed by atoms with Crippen molar-refractivity contribution in [2.45, 2.75) is 30.7 Å². The summed E-state index contributed by atoms with van der Waals surface area (Å²) in [6.45, 7) is 1.99. The van der Waals surface area contributed by atoms with Crippen LogP contribution in [0.1, 0.15) is 28.8 Å². The highest BCUT2D eigenvalue weighted by Crippen LogP contribution is 2.33. The first kappa shape index (κ1) is 18.9. The first-order valence-electron chi connectivity index (χ1n) is 6.80. The smallest absolute Gasteiger partial charge is 0.338 e. The van der Waals surface area contributed by atoms with Crippen LogP contribution < -0.4 is 10.5 Å². The van der Waals surface area contributed by atoms with Crippen LogP contribution in [-0.4, -0.2) is 34.1 Å². The lowest BCUT2D eigenvalue weighted by molar-refractivity contribution is 0.0599. The predicted octanol–water partition coefficient (Wildman–Crippen LogP) is 1.22. The summed E-state index contributed by atoms with van der Waals surface area (Å²) in [5, 5.41) is 0. The van der Waals surface area contributed by atoms with E-state index in [1.54, 1.807) is 13.0 Å². The van der Waals surface area contributed by atoms with Gasteiger partial charge in [-0.25, -0.2) is 17.9 Å². The number of ether oxygens (including phenoxy) is 1. The number of sulfonamides is 1. The number of esters is 1. The minimum atomic E-state index is -3.70. The number of hydrogen-bond donors (Lipinski definition) is 2. The Kier molecular flexibility index (Phi) is 6.37. The van der Waals surface area contributed by atoms with Gasteiger partial charge in [-0.2, -0.15) is 0 Å². The molecule has 0 amide bonds. The van der Waals surface area contributed by atoms with Crippen LogP contribution in [0.4, 0.5) is 0 Å². The summed E-state index contributed by atoms with van der Waals surface area (Å²) in [4.78, 5) is 11.7. The van der Waals surface area contributed by atoms with Gasteiger partial charge in [-0.05, 0) is 43.4 Å². The second-order valence-electron chi connectivity index (χ2n) is 5.27. The van der Waals surface area contributed by atoms with Crippen LogP contribution in [0.15, 0.2) is 23.1 Å². The number of carbonyl (C=O) groups is 1. The molecule has 124 valence electrons. The minimum absolute atomic E-state index is 0. The maximum absolute atomic E-state index is 12.4. The highest BCUT2D eigenvalue weighted by molar-refractivity contribution is 7.89. The Labute approximate surface area is 136 Å². The first-order valence-corrected chi connectivity index (χ1v) is 8.28. The van der Waals surface area contributed by atoms with Gasteiger partial charge in [0.15, 0.2) is 0 Å². The van der Waals surface area contributed by atoms with Crippen molar-refractivity contribution in [1.29, 1.82) is 0 Å². The summed E-state index contributed by atoms with van der Waals surface area (Å²) in [7, 11) is -2.43. The SMILES string of the molecule is COC(=O)c1cc(S(=O)(=O)NC(CN)C2CC2)ccc1C.Cl. The van der Waals surface area contributed by atoms with Crippen LogP contribution in [0.2, 0.25) is 0 Å². The molecule has 3 N–H and O–H groups in total. The molecule has 0 heterocycles. The van der Waals surface area contributed by atoms with Crippen LogP contribution in [0.25, 0.3) is 0 Å². The van der Waals surface area contributed by atoms with E-state index in [2.05, 4.69) is 9.46 Å². The van der Waals surface area contributed by atoms with Gasteiger partial charge in [-0.15, -0.1) is 12.4 Å². The number of halogens is 1. The molecule has 0 radical (unpaired) electrons. The van der Waals surface area contributed by atoms with Gasteiger partial charge in [-0.1, -0.05) is 6.07 Å². The van der Waals surface area contributed by atoms with Gasteiger partial charge in [-0.3, -0.25) is 0 Å². The Morgan fingerprint density at radius 3 is 2.59 bits per heavy atom. The molecule has 1 aliphatic carbocycles. The largest absolute Gasteiger partial charge is 0.465 e. The van der Waals surface area contributed by atoms with Gasteiger partial charge in [0.1, 0.15) is 0 Å². The Morgan fingerprint density at radius 1 is 1.45 bits per heavy atom. The van der Waals surface area contributed by atoms with Crippen molar-refractivity contribution in [3.63, 3.8) is 0 Å². The van der Waals surface area contributed by atoms with Gasteiger partial charge >= 0.3 is 5.97 Å². The molecule has 1 aliphatic rings. The number of benzene rings is 1. The van der Waals surface area contributed by atoms with E-state index < -0.39 is 16.0 Å². The van der Waals surface area contributed by atoms with E-state index in [9.17, 15) is 13.2 Å². The molecule has 1 unspecified atom stereocenters. The number of carbonyl (C=O) groups excluding carboxylic acids is 1. The van der Waals surface area contributed by atoms with Gasteiger partial charge in [0.05, 0.1) is 17.6 Å². The molecule has 2 rings (SSSR count). The van der Waals surface area contributed by atoms with E-state index in [0.717, 1.165) is 12.8 Å². The van der Waals surface area contributed by atoms with E-state index in [0.29, 0.717) is 11.5 Å². The van der Waals surface area contributed by atoms with Crippen molar-refractivity contribution in [2.24, 2.45) is 11.7 Å². The molecule has 1 fully saturated rings. The van der Waals surface area contributed by atoms with E-state index in [1.807, 2.05) is 0 Å². The molecule has 0 saturated heterocycles. The minimum Gasteiger partial charge on any atom is -0.465 e. The Hall–Kier alpha value is -1.15. The average Bonchev–Trinajstić information content (AvgIpc) is 3.28. The molecule has 6 nitrogen and oxygen atoms in total. The number of nitrogens with two attached hydrogens (primary N) is 1. The van der Waals surface area contributed by atoms with Crippen LogP contribution in [0, 0.1) is 12.8 Å². The molecular formula is C14H21ClN2O4S. The quantitative estimate of drug-likeness (QED) is 0.753. The van der Waals surface area contributed by atoms with Crippen LogP contribution in [0.5, 0.6) is 0 Å². The van der Waals surface area contributed by atoms with Gasteiger partial charge in [0.25, 0.3) is 0 Å². The second-order valence-corrected chi connectivity index (χ2v) is 6.98. The lowest BCUT2D eigenvalue weighted by Gasteiger charge is -2.16. The Bertz CT molecular complexity index is 644. The molecule has 22 heavy (non-hydrogen) atoms. The maximum atomic E-state index is 12.4. The number of methoxy groups -OCH3 is 1. The third-order valence-electron chi connectivity index (χ3n) is 3.68. The number of nitrogens with one attached hydrogen (secondary N) is 1. The summed E-state index contributed by atoms with van der Waals surface area (Å²) < 4.78 is 32.1. The summed E-state index contributed by atoms with van der Waals surface area (Å²) in [5.41, 5.74) is 6.53. The molecule has 0 aromatic heterocycles. The van der Waals surface area contributed by atoms with Crippen molar-refractivity contribution in [1.82, 2.24) is 4.72 Å². The molecule has 0 bridgehead atoms. The fourth-order valence-electron chi connectivity index (χ4n) is 2.20. The van der Waals surface area contributed by atoms with Crippen molar-refractivity contribution < 1.29 is 17.9 Å². The van der Waals surface area contributed by atoms with Gasteiger partial charge < -0.3 is 10.5 Å². The number of rotatable bonds is 6. The molecule has 1 atom stereocenters. The Balaban J connectivity index is 0.00000242. The summed E-state index contributed by atoms with van der Waals surface area (Å²) in [6.07, 6.45) is 1.98. The van der Waals surface area contributed by atoms with E-state index in [-0.39, 0.29) is 35.5 Å². The van der Waals surface area contributed by atoms with Crippen LogP contribution in [-0.2, 0) is 14.8 Å².